The van der Waals surface area contributed by atoms with Crippen molar-refractivity contribution >= 4 is 33.7 Å². The number of oxime groups is 1. The van der Waals surface area contributed by atoms with Gasteiger partial charge in [-0.15, -0.1) is 0 Å². The van der Waals surface area contributed by atoms with E-state index in [1.807, 2.05) is 6.07 Å². The third-order valence-corrected chi connectivity index (χ3v) is 3.00. The van der Waals surface area contributed by atoms with Gasteiger partial charge in [0.05, 0.1) is 11.2 Å². The lowest BCUT2D eigenvalue weighted by Gasteiger charge is -2.07. The fraction of sp³-hybridized carbons (Fsp3) is 0. The van der Waals surface area contributed by atoms with Crippen LogP contribution in [0.4, 0.5) is 0 Å². The fourth-order valence-corrected chi connectivity index (χ4v) is 2.09. The maximum absolute atomic E-state index is 8.40. The molecule has 2 aromatic rings. The topological polar surface area (TPSA) is 41.8 Å². The second-order valence-electron chi connectivity index (χ2n) is 3.49. The molecule has 2 aromatic carbocycles. The Labute approximate surface area is 118 Å². The summed E-state index contributed by atoms with van der Waals surface area (Å²) < 4.78 is 6.54. The first-order valence-electron chi connectivity index (χ1n) is 5.09. The molecule has 0 aliphatic rings. The number of nitrogens with zero attached hydrogens (tertiary/aromatic N) is 1. The van der Waals surface area contributed by atoms with Crippen LogP contribution in [0.5, 0.6) is 11.5 Å². The van der Waals surface area contributed by atoms with Crippen LogP contribution in [-0.2, 0) is 0 Å². The molecular formula is C13H9BrClNO2. The summed E-state index contributed by atoms with van der Waals surface area (Å²) in [4.78, 5) is 0. The minimum absolute atomic E-state index is 0.533. The third-order valence-electron chi connectivity index (χ3n) is 2.21. The van der Waals surface area contributed by atoms with E-state index in [1.54, 1.807) is 36.4 Å². The monoisotopic (exact) mass is 325 g/mol. The zero-order valence-corrected chi connectivity index (χ0v) is 11.5. The van der Waals surface area contributed by atoms with Gasteiger partial charge in [-0.05, 0) is 48.0 Å². The van der Waals surface area contributed by atoms with Gasteiger partial charge in [-0.25, -0.2) is 0 Å². The molecule has 3 nitrogen and oxygen atoms in total. The Kier molecular flexibility index (Phi) is 4.23. The number of rotatable bonds is 3. The van der Waals surface area contributed by atoms with Crippen molar-refractivity contribution in [1.82, 2.24) is 0 Å². The lowest BCUT2D eigenvalue weighted by molar-refractivity contribution is 0.322. The first-order chi connectivity index (χ1) is 8.69. The molecule has 0 spiro atoms. The average molecular weight is 327 g/mol. The third kappa shape index (κ3) is 3.24. The van der Waals surface area contributed by atoms with E-state index in [-0.39, 0.29) is 0 Å². The highest BCUT2D eigenvalue weighted by atomic mass is 79.9. The molecule has 0 radical (unpaired) electrons. The number of halogens is 2. The minimum Gasteiger partial charge on any atom is -0.456 e. The SMILES string of the molecule is O/N=C/c1ccc(Oc2ccc(Br)cc2Cl)cc1. The maximum Gasteiger partial charge on any atom is 0.146 e. The van der Waals surface area contributed by atoms with E-state index in [4.69, 9.17) is 21.5 Å². The molecule has 5 heteroatoms. The molecule has 0 amide bonds. The summed E-state index contributed by atoms with van der Waals surface area (Å²) in [6.07, 6.45) is 1.34. The smallest absolute Gasteiger partial charge is 0.146 e. The second kappa shape index (κ2) is 5.89. The van der Waals surface area contributed by atoms with Crippen LogP contribution in [-0.4, -0.2) is 11.4 Å². The molecule has 18 heavy (non-hydrogen) atoms. The number of benzene rings is 2. The van der Waals surface area contributed by atoms with E-state index in [1.165, 1.54) is 6.21 Å². The Balaban J connectivity index is 2.18. The lowest BCUT2D eigenvalue weighted by Crippen LogP contribution is -1.86. The van der Waals surface area contributed by atoms with E-state index in [9.17, 15) is 0 Å². The summed E-state index contributed by atoms with van der Waals surface area (Å²) in [7, 11) is 0. The minimum atomic E-state index is 0.533. The molecule has 0 heterocycles. The summed E-state index contributed by atoms with van der Waals surface area (Å²) >= 11 is 9.38. The second-order valence-corrected chi connectivity index (χ2v) is 4.81. The summed E-state index contributed by atoms with van der Waals surface area (Å²) in [5, 5.41) is 11.9. The van der Waals surface area contributed by atoms with Gasteiger partial charge in [-0.2, -0.15) is 0 Å². The molecule has 0 aromatic heterocycles. The van der Waals surface area contributed by atoms with E-state index in [0.717, 1.165) is 10.0 Å². The van der Waals surface area contributed by atoms with Gasteiger partial charge in [0.1, 0.15) is 11.5 Å². The molecule has 0 saturated heterocycles. The van der Waals surface area contributed by atoms with Gasteiger partial charge in [-0.1, -0.05) is 32.7 Å². The fourth-order valence-electron chi connectivity index (χ4n) is 1.37. The summed E-state index contributed by atoms with van der Waals surface area (Å²) in [5.74, 6) is 1.25. The Hall–Kier alpha value is -1.52. The molecule has 0 bridgehead atoms. The van der Waals surface area contributed by atoms with Gasteiger partial charge in [0.25, 0.3) is 0 Å². The number of ether oxygens (including phenoxy) is 1. The van der Waals surface area contributed by atoms with Crippen molar-refractivity contribution in [3.05, 3.63) is 57.5 Å². The largest absolute Gasteiger partial charge is 0.456 e. The van der Waals surface area contributed by atoms with Crippen LogP contribution >= 0.6 is 27.5 Å². The zero-order chi connectivity index (χ0) is 13.0. The highest BCUT2D eigenvalue weighted by Crippen LogP contribution is 2.31. The molecule has 0 fully saturated rings. The highest BCUT2D eigenvalue weighted by Gasteiger charge is 2.03. The van der Waals surface area contributed by atoms with E-state index in [2.05, 4.69) is 21.1 Å². The molecule has 92 valence electrons. The molecule has 2 rings (SSSR count). The highest BCUT2D eigenvalue weighted by molar-refractivity contribution is 9.10. The predicted octanol–water partition coefficient (Wildman–Crippen LogP) is 4.70. The number of hydrogen-bond acceptors (Lipinski definition) is 3. The Morgan fingerprint density at radius 3 is 2.50 bits per heavy atom. The van der Waals surface area contributed by atoms with Crippen molar-refractivity contribution in [2.24, 2.45) is 5.16 Å². The standard InChI is InChI=1S/C13H9BrClNO2/c14-10-3-6-13(12(15)7-10)18-11-4-1-9(2-5-11)8-16-17/h1-8,17H/b16-8+. The normalized spacial score (nSPS) is 10.8. The van der Waals surface area contributed by atoms with E-state index >= 15 is 0 Å². The first kappa shape index (κ1) is 12.9. The molecule has 1 N–H and O–H groups in total. The van der Waals surface area contributed by atoms with Gasteiger partial charge in [0.15, 0.2) is 0 Å². The summed E-state index contributed by atoms with van der Waals surface area (Å²) in [6.45, 7) is 0. The van der Waals surface area contributed by atoms with E-state index in [0.29, 0.717) is 16.5 Å². The van der Waals surface area contributed by atoms with Gasteiger partial charge < -0.3 is 9.94 Å². The Morgan fingerprint density at radius 1 is 1.17 bits per heavy atom. The molecule has 0 saturated carbocycles. The van der Waals surface area contributed by atoms with Crippen LogP contribution in [0.3, 0.4) is 0 Å². The van der Waals surface area contributed by atoms with Crippen molar-refractivity contribution in [3.63, 3.8) is 0 Å². The molecule has 0 aliphatic heterocycles. The molecule has 0 unspecified atom stereocenters. The van der Waals surface area contributed by atoms with Crippen molar-refractivity contribution in [1.29, 1.82) is 0 Å². The Bertz CT molecular complexity index is 570. The van der Waals surface area contributed by atoms with Gasteiger partial charge in [0, 0.05) is 4.47 Å². The number of hydrogen-bond donors (Lipinski definition) is 1. The molecular weight excluding hydrogens is 318 g/mol. The van der Waals surface area contributed by atoms with Crippen molar-refractivity contribution in [3.8, 4) is 11.5 Å². The zero-order valence-electron chi connectivity index (χ0n) is 9.18. The van der Waals surface area contributed by atoms with Crippen LogP contribution in [0, 0.1) is 0 Å². The van der Waals surface area contributed by atoms with Crippen LogP contribution < -0.4 is 4.74 Å². The molecule has 0 atom stereocenters. The quantitative estimate of drug-likeness (QED) is 0.504. The predicted molar refractivity (Wildman–Crippen MR) is 75.0 cm³/mol. The van der Waals surface area contributed by atoms with Crippen LogP contribution in [0.15, 0.2) is 52.1 Å². The van der Waals surface area contributed by atoms with Crippen molar-refractivity contribution in [2.45, 2.75) is 0 Å². The average Bonchev–Trinajstić information content (AvgIpc) is 2.35. The maximum atomic E-state index is 8.40. The van der Waals surface area contributed by atoms with Crippen molar-refractivity contribution in [2.75, 3.05) is 0 Å². The Morgan fingerprint density at radius 2 is 1.89 bits per heavy atom. The molecule has 0 aliphatic carbocycles. The summed E-state index contributed by atoms with van der Waals surface area (Å²) in [6, 6.07) is 12.5. The van der Waals surface area contributed by atoms with Gasteiger partial charge in [0.2, 0.25) is 0 Å². The van der Waals surface area contributed by atoms with Crippen LogP contribution in [0.2, 0.25) is 5.02 Å². The van der Waals surface area contributed by atoms with Crippen LogP contribution in [0.1, 0.15) is 5.56 Å². The van der Waals surface area contributed by atoms with E-state index < -0.39 is 0 Å². The first-order valence-corrected chi connectivity index (χ1v) is 6.26. The van der Waals surface area contributed by atoms with Crippen LogP contribution in [0.25, 0.3) is 0 Å². The van der Waals surface area contributed by atoms with Gasteiger partial charge in [-0.3, -0.25) is 0 Å². The lowest BCUT2D eigenvalue weighted by atomic mass is 10.2. The van der Waals surface area contributed by atoms with Gasteiger partial charge >= 0.3 is 0 Å². The summed E-state index contributed by atoms with van der Waals surface area (Å²) in [5.41, 5.74) is 0.784. The van der Waals surface area contributed by atoms with Crippen molar-refractivity contribution < 1.29 is 9.94 Å².